The first kappa shape index (κ1) is 25.4. The van der Waals surface area contributed by atoms with Gasteiger partial charge in [-0.1, -0.05) is 35.3 Å². The Morgan fingerprint density at radius 1 is 1.00 bits per heavy atom. The number of carbonyl (C=O) groups is 1. The molecule has 0 radical (unpaired) electrons. The highest BCUT2D eigenvalue weighted by molar-refractivity contribution is 6.42. The average Bonchev–Trinajstić information content (AvgIpc) is 2.81. The van der Waals surface area contributed by atoms with Gasteiger partial charge in [-0.2, -0.15) is 13.2 Å². The number of hydrogen-bond acceptors (Lipinski definition) is 5. The largest absolute Gasteiger partial charge is 0.484 e. The molecule has 0 atom stereocenters. The Labute approximate surface area is 212 Å². The Balaban J connectivity index is 1.59. The van der Waals surface area contributed by atoms with Crippen molar-refractivity contribution in [2.45, 2.75) is 13.1 Å². The van der Waals surface area contributed by atoms with E-state index < -0.39 is 35.6 Å². The molecule has 186 valence electrons. The Kier molecular flexibility index (Phi) is 7.14. The predicted molar refractivity (Wildman–Crippen MR) is 129 cm³/mol. The summed E-state index contributed by atoms with van der Waals surface area (Å²) in [6, 6.07) is 14.4. The number of halogens is 5. The first-order valence-corrected chi connectivity index (χ1v) is 11.1. The highest BCUT2D eigenvalue weighted by Crippen LogP contribution is 2.38. The first-order chi connectivity index (χ1) is 17.0. The molecule has 0 unspecified atom stereocenters. The Morgan fingerprint density at radius 2 is 1.78 bits per heavy atom. The average molecular weight is 538 g/mol. The maximum Gasteiger partial charge on any atom is 0.453 e. The minimum absolute atomic E-state index is 0.00964. The molecule has 0 aliphatic rings. The summed E-state index contributed by atoms with van der Waals surface area (Å²) in [5, 5.41) is 2.95. The van der Waals surface area contributed by atoms with Crippen molar-refractivity contribution in [3.8, 4) is 17.2 Å². The predicted octanol–water partition coefficient (Wildman–Crippen LogP) is 7.24. The lowest BCUT2D eigenvalue weighted by atomic mass is 10.2. The highest BCUT2D eigenvalue weighted by atomic mass is 35.5. The van der Waals surface area contributed by atoms with Crippen molar-refractivity contribution in [3.63, 3.8) is 0 Å². The zero-order valence-corrected chi connectivity index (χ0v) is 19.9. The van der Waals surface area contributed by atoms with Gasteiger partial charge in [0.2, 0.25) is 11.2 Å². The van der Waals surface area contributed by atoms with Crippen LogP contribution in [0, 0.1) is 6.92 Å². The third kappa shape index (κ3) is 5.75. The van der Waals surface area contributed by atoms with Crippen molar-refractivity contribution >= 4 is 45.8 Å². The summed E-state index contributed by atoms with van der Waals surface area (Å²) in [6.07, 6.45) is -5.01. The quantitative estimate of drug-likeness (QED) is 0.280. The molecule has 4 rings (SSSR count). The SMILES string of the molecule is Cc1cccc(Oc2c(C(F)(F)F)oc3cc(OCC(=O)Nc4ccc(Cl)c(Cl)c4)ccc3c2=O)c1. The summed E-state index contributed by atoms with van der Waals surface area (Å²) in [6.45, 7) is 1.25. The van der Waals surface area contributed by atoms with Crippen molar-refractivity contribution in [2.75, 3.05) is 11.9 Å². The highest BCUT2D eigenvalue weighted by Gasteiger charge is 2.40. The maximum atomic E-state index is 13.7. The van der Waals surface area contributed by atoms with E-state index in [9.17, 15) is 22.8 Å². The molecule has 0 saturated heterocycles. The molecule has 1 heterocycles. The van der Waals surface area contributed by atoms with Crippen LogP contribution < -0.4 is 20.2 Å². The number of benzene rings is 3. The summed E-state index contributed by atoms with van der Waals surface area (Å²) in [7, 11) is 0. The van der Waals surface area contributed by atoms with Gasteiger partial charge in [0.15, 0.2) is 6.61 Å². The van der Waals surface area contributed by atoms with Gasteiger partial charge in [-0.25, -0.2) is 0 Å². The van der Waals surface area contributed by atoms with E-state index in [1.165, 1.54) is 42.5 Å². The fourth-order valence-electron chi connectivity index (χ4n) is 3.24. The minimum Gasteiger partial charge on any atom is -0.484 e. The van der Waals surface area contributed by atoms with Crippen molar-refractivity contribution in [3.05, 3.63) is 92.3 Å². The molecule has 1 aromatic heterocycles. The van der Waals surface area contributed by atoms with E-state index in [0.717, 1.165) is 11.6 Å². The fourth-order valence-corrected chi connectivity index (χ4v) is 3.54. The minimum atomic E-state index is -5.01. The van der Waals surface area contributed by atoms with Crippen LogP contribution in [-0.4, -0.2) is 12.5 Å². The second kappa shape index (κ2) is 10.1. The summed E-state index contributed by atoms with van der Waals surface area (Å²) in [5.41, 5.74) is -0.282. The summed E-state index contributed by atoms with van der Waals surface area (Å²) in [4.78, 5) is 25.1. The van der Waals surface area contributed by atoms with Crippen LogP contribution in [0.4, 0.5) is 18.9 Å². The van der Waals surface area contributed by atoms with E-state index >= 15 is 0 Å². The molecule has 0 fully saturated rings. The number of aryl methyl sites for hydroxylation is 1. The number of nitrogens with one attached hydrogen (secondary N) is 1. The van der Waals surface area contributed by atoms with Crippen molar-refractivity contribution in [1.29, 1.82) is 0 Å². The van der Waals surface area contributed by atoms with Crippen molar-refractivity contribution in [2.24, 2.45) is 0 Å². The number of carbonyl (C=O) groups excluding carboxylic acids is 1. The van der Waals surface area contributed by atoms with E-state index in [0.29, 0.717) is 10.7 Å². The number of anilines is 1. The second-order valence-electron chi connectivity index (χ2n) is 7.63. The van der Waals surface area contributed by atoms with Crippen LogP contribution in [0.1, 0.15) is 11.3 Å². The lowest BCUT2D eigenvalue weighted by molar-refractivity contribution is -0.154. The topological polar surface area (TPSA) is 77.8 Å². The summed E-state index contributed by atoms with van der Waals surface area (Å²) >= 11 is 11.7. The molecule has 0 aliphatic heterocycles. The Morgan fingerprint density at radius 3 is 2.47 bits per heavy atom. The molecule has 0 saturated carbocycles. The standard InChI is InChI=1S/C25H16Cl2F3NO5/c1-13-3-2-4-16(9-13)35-23-22(33)17-7-6-15(11-20(17)36-24(23)25(28,29)30)34-12-21(32)31-14-5-8-18(26)19(27)10-14/h2-11H,12H2,1H3,(H,31,32). The van der Waals surface area contributed by atoms with Crippen LogP contribution >= 0.6 is 23.2 Å². The van der Waals surface area contributed by atoms with Gasteiger partial charge < -0.3 is 19.2 Å². The molecule has 1 amide bonds. The van der Waals surface area contributed by atoms with Crippen LogP contribution in [0.5, 0.6) is 17.2 Å². The maximum absolute atomic E-state index is 13.7. The smallest absolute Gasteiger partial charge is 0.453 e. The van der Waals surface area contributed by atoms with Gasteiger partial charge in [0.25, 0.3) is 11.7 Å². The molecule has 36 heavy (non-hydrogen) atoms. The molecular formula is C25H16Cl2F3NO5. The zero-order valence-electron chi connectivity index (χ0n) is 18.4. The monoisotopic (exact) mass is 537 g/mol. The van der Waals surface area contributed by atoms with E-state index in [2.05, 4.69) is 5.32 Å². The number of rotatable bonds is 6. The third-order valence-corrected chi connectivity index (χ3v) is 5.60. The van der Waals surface area contributed by atoms with Gasteiger partial charge in [-0.15, -0.1) is 0 Å². The van der Waals surface area contributed by atoms with Gasteiger partial charge in [0, 0.05) is 11.8 Å². The van der Waals surface area contributed by atoms with Crippen LogP contribution in [0.2, 0.25) is 10.0 Å². The first-order valence-electron chi connectivity index (χ1n) is 10.3. The van der Waals surface area contributed by atoms with Crippen molar-refractivity contribution in [1.82, 2.24) is 0 Å². The molecule has 0 aliphatic carbocycles. The van der Waals surface area contributed by atoms with E-state index in [4.69, 9.17) is 37.1 Å². The lowest BCUT2D eigenvalue weighted by Crippen LogP contribution is -2.20. The molecule has 6 nitrogen and oxygen atoms in total. The molecule has 1 N–H and O–H groups in total. The van der Waals surface area contributed by atoms with Gasteiger partial charge >= 0.3 is 6.18 Å². The van der Waals surface area contributed by atoms with Crippen LogP contribution in [-0.2, 0) is 11.0 Å². The molecule has 3 aromatic carbocycles. The second-order valence-corrected chi connectivity index (χ2v) is 8.44. The fraction of sp³-hybridized carbons (Fsp3) is 0.120. The van der Waals surface area contributed by atoms with E-state index in [1.807, 2.05) is 0 Å². The molecule has 0 spiro atoms. The van der Waals surface area contributed by atoms with Gasteiger partial charge in [-0.3, -0.25) is 9.59 Å². The normalized spacial score (nSPS) is 11.4. The number of alkyl halides is 3. The molecule has 11 heteroatoms. The molecule has 4 aromatic rings. The van der Waals surface area contributed by atoms with E-state index in [-0.39, 0.29) is 27.5 Å². The van der Waals surface area contributed by atoms with Gasteiger partial charge in [-0.05, 0) is 55.0 Å². The number of ether oxygens (including phenoxy) is 2. The Bertz CT molecular complexity index is 1520. The summed E-state index contributed by atoms with van der Waals surface area (Å²) < 4.78 is 56.9. The van der Waals surface area contributed by atoms with Crippen LogP contribution in [0.25, 0.3) is 11.0 Å². The third-order valence-electron chi connectivity index (χ3n) is 4.86. The van der Waals surface area contributed by atoms with Crippen LogP contribution in [0.3, 0.4) is 0 Å². The number of amides is 1. The van der Waals surface area contributed by atoms with Gasteiger partial charge in [0.1, 0.15) is 17.1 Å². The zero-order chi connectivity index (χ0) is 26.0. The molecular weight excluding hydrogens is 522 g/mol. The van der Waals surface area contributed by atoms with E-state index in [1.54, 1.807) is 19.1 Å². The van der Waals surface area contributed by atoms with Crippen molar-refractivity contribution < 1.29 is 31.9 Å². The molecule has 0 bridgehead atoms. The lowest BCUT2D eigenvalue weighted by Gasteiger charge is -2.14. The number of hydrogen-bond donors (Lipinski definition) is 1. The van der Waals surface area contributed by atoms with Gasteiger partial charge in [0.05, 0.1) is 15.4 Å². The number of fused-ring (bicyclic) bond motifs is 1. The Hall–Kier alpha value is -3.69. The van der Waals surface area contributed by atoms with Crippen LogP contribution in [0.15, 0.2) is 69.9 Å². The summed E-state index contributed by atoms with van der Waals surface area (Å²) in [5.74, 6) is -3.06.